The van der Waals surface area contributed by atoms with Gasteiger partial charge in [-0.3, -0.25) is 37.3 Å². The standard InChI is InChI=1S/C78H152O17P2/c1-68(2)54-46-38-30-24-19-15-11-9-13-17-21-27-33-42-50-58-75(80)88-64-73(94-78(83)61-53-45-35-29-23-26-32-40-48-56-70(5)6)66-92-96(84,85)90-62-72(79)63-91-97(86,87)93-67-74(65-89-76(81)59-51-43-37-36-41-49-57-71(7)8)95-77(82)60-52-44-34-28-22-18-14-10-12-16-20-25-31-39-47-55-69(3)4/h68-74,79H,9-67H2,1-8H3,(H,84,85)(H,86,87)/t72?,73-,74-/m1/s1. The normalized spacial score (nSPS) is 14.1. The first kappa shape index (κ1) is 95.1. The molecular formula is C78H152O17P2. The van der Waals surface area contributed by atoms with Crippen molar-refractivity contribution in [3.8, 4) is 0 Å². The van der Waals surface area contributed by atoms with Crippen LogP contribution in [0.2, 0.25) is 0 Å². The summed E-state index contributed by atoms with van der Waals surface area (Å²) in [5.41, 5.74) is 0. The Morgan fingerprint density at radius 1 is 0.258 bits per heavy atom. The predicted octanol–water partition coefficient (Wildman–Crippen LogP) is 22.8. The highest BCUT2D eigenvalue weighted by atomic mass is 31.2. The highest BCUT2D eigenvalue weighted by Gasteiger charge is 2.30. The average Bonchev–Trinajstić information content (AvgIpc) is 1.52. The minimum Gasteiger partial charge on any atom is -0.462 e. The number of aliphatic hydroxyl groups is 1. The molecule has 0 bridgehead atoms. The number of carbonyl (C=O) groups excluding carboxylic acids is 4. The number of ether oxygens (including phenoxy) is 4. The molecule has 0 radical (unpaired) electrons. The molecule has 0 saturated heterocycles. The van der Waals surface area contributed by atoms with Gasteiger partial charge in [0, 0.05) is 25.7 Å². The number of unbranched alkanes of at least 4 members (excludes halogenated alkanes) is 41. The topological polar surface area (TPSA) is 237 Å². The van der Waals surface area contributed by atoms with Gasteiger partial charge in [-0.05, 0) is 49.4 Å². The molecule has 5 atom stereocenters. The van der Waals surface area contributed by atoms with Gasteiger partial charge in [-0.15, -0.1) is 0 Å². The van der Waals surface area contributed by atoms with Crippen LogP contribution in [0.3, 0.4) is 0 Å². The van der Waals surface area contributed by atoms with E-state index in [0.29, 0.717) is 31.6 Å². The number of hydrogen-bond acceptors (Lipinski definition) is 15. The van der Waals surface area contributed by atoms with E-state index in [1.807, 2.05) is 0 Å². The van der Waals surface area contributed by atoms with Gasteiger partial charge in [-0.1, -0.05) is 344 Å². The van der Waals surface area contributed by atoms with Crippen LogP contribution < -0.4 is 0 Å². The molecule has 0 rings (SSSR count). The zero-order chi connectivity index (χ0) is 71.7. The van der Waals surface area contributed by atoms with E-state index in [9.17, 15) is 43.2 Å². The molecule has 17 nitrogen and oxygen atoms in total. The zero-order valence-corrected chi connectivity index (χ0v) is 65.5. The molecule has 0 amide bonds. The summed E-state index contributed by atoms with van der Waals surface area (Å²) in [5, 5.41) is 10.6. The van der Waals surface area contributed by atoms with E-state index >= 15 is 0 Å². The molecule has 576 valence electrons. The van der Waals surface area contributed by atoms with Crippen molar-refractivity contribution in [1.82, 2.24) is 0 Å². The molecule has 97 heavy (non-hydrogen) atoms. The first-order valence-corrected chi connectivity index (χ1v) is 43.2. The number of carbonyl (C=O) groups is 4. The fraction of sp³-hybridized carbons (Fsp3) is 0.949. The molecule has 19 heteroatoms. The highest BCUT2D eigenvalue weighted by Crippen LogP contribution is 2.45. The Balaban J connectivity index is 5.19. The molecule has 3 unspecified atom stereocenters. The van der Waals surface area contributed by atoms with Gasteiger partial charge in [0.25, 0.3) is 0 Å². The predicted molar refractivity (Wildman–Crippen MR) is 395 cm³/mol. The Morgan fingerprint density at radius 3 is 0.639 bits per heavy atom. The molecule has 0 aliphatic rings. The van der Waals surface area contributed by atoms with Gasteiger partial charge in [-0.25, -0.2) is 9.13 Å². The molecule has 0 aliphatic heterocycles. The third-order valence-electron chi connectivity index (χ3n) is 18.1. The lowest BCUT2D eigenvalue weighted by Gasteiger charge is -2.21. The summed E-state index contributed by atoms with van der Waals surface area (Å²) in [6.45, 7) is 14.2. The van der Waals surface area contributed by atoms with Gasteiger partial charge in [0.05, 0.1) is 26.4 Å². The third kappa shape index (κ3) is 72.2. The lowest BCUT2D eigenvalue weighted by Crippen LogP contribution is -2.30. The van der Waals surface area contributed by atoms with Gasteiger partial charge in [0.15, 0.2) is 12.2 Å². The molecule has 0 heterocycles. The number of phosphoric ester groups is 2. The Kier molecular flexibility index (Phi) is 65.9. The first-order chi connectivity index (χ1) is 46.6. The van der Waals surface area contributed by atoms with Crippen LogP contribution in [-0.4, -0.2) is 96.7 Å². The first-order valence-electron chi connectivity index (χ1n) is 40.2. The molecule has 0 aromatic carbocycles. The van der Waals surface area contributed by atoms with Crippen LogP contribution in [0.4, 0.5) is 0 Å². The van der Waals surface area contributed by atoms with Crippen molar-refractivity contribution < 1.29 is 80.2 Å². The van der Waals surface area contributed by atoms with E-state index in [4.69, 9.17) is 37.0 Å². The molecule has 0 fully saturated rings. The summed E-state index contributed by atoms with van der Waals surface area (Å²) < 4.78 is 68.5. The summed E-state index contributed by atoms with van der Waals surface area (Å²) in [4.78, 5) is 72.8. The molecule has 0 saturated carbocycles. The number of rotatable bonds is 75. The quantitative estimate of drug-likeness (QED) is 0.0222. The maximum Gasteiger partial charge on any atom is 0.472 e. The van der Waals surface area contributed by atoms with E-state index < -0.39 is 97.5 Å². The van der Waals surface area contributed by atoms with Crippen LogP contribution in [0.1, 0.15) is 396 Å². The highest BCUT2D eigenvalue weighted by molar-refractivity contribution is 7.47. The molecule has 0 aromatic heterocycles. The Morgan fingerprint density at radius 2 is 0.433 bits per heavy atom. The lowest BCUT2D eigenvalue weighted by molar-refractivity contribution is -0.161. The van der Waals surface area contributed by atoms with Crippen molar-refractivity contribution in [2.75, 3.05) is 39.6 Å². The van der Waals surface area contributed by atoms with E-state index in [1.54, 1.807) is 0 Å². The summed E-state index contributed by atoms with van der Waals surface area (Å²) in [6, 6.07) is 0. The minimum atomic E-state index is -4.96. The smallest absolute Gasteiger partial charge is 0.462 e. The average molecular weight is 1420 g/mol. The second kappa shape index (κ2) is 67.2. The van der Waals surface area contributed by atoms with Crippen LogP contribution in [-0.2, 0) is 65.4 Å². The Labute approximate surface area is 594 Å². The molecular weight excluding hydrogens is 1270 g/mol. The van der Waals surface area contributed by atoms with Gasteiger partial charge < -0.3 is 33.8 Å². The van der Waals surface area contributed by atoms with Crippen LogP contribution in [0.5, 0.6) is 0 Å². The summed E-state index contributed by atoms with van der Waals surface area (Å²) in [6.07, 6.45) is 52.9. The second-order valence-corrected chi connectivity index (χ2v) is 32.9. The minimum absolute atomic E-state index is 0.105. The molecule has 0 aliphatic carbocycles. The van der Waals surface area contributed by atoms with Crippen LogP contribution in [0, 0.1) is 23.7 Å². The maximum absolute atomic E-state index is 13.1. The van der Waals surface area contributed by atoms with Gasteiger partial charge in [0.2, 0.25) is 0 Å². The number of esters is 4. The molecule has 0 spiro atoms. The maximum atomic E-state index is 13.1. The van der Waals surface area contributed by atoms with Gasteiger partial charge in [-0.2, -0.15) is 0 Å². The van der Waals surface area contributed by atoms with E-state index in [1.165, 1.54) is 193 Å². The van der Waals surface area contributed by atoms with Crippen molar-refractivity contribution in [1.29, 1.82) is 0 Å². The SMILES string of the molecule is CC(C)CCCCCCCCCCCCCCCCCC(=O)OC[C@H](COP(=O)(O)OCC(O)COP(=O)(O)OC[C@@H](COC(=O)CCCCCCCCC(C)C)OC(=O)CCCCCCCCCCCCCCCCCC(C)C)OC(=O)CCCCCCCCCCCC(C)C. The number of aliphatic hydroxyl groups excluding tert-OH is 1. The third-order valence-corrected chi connectivity index (χ3v) is 20.0. The Bertz CT molecular complexity index is 1900. The van der Waals surface area contributed by atoms with Crippen molar-refractivity contribution in [3.63, 3.8) is 0 Å². The largest absolute Gasteiger partial charge is 0.472 e. The van der Waals surface area contributed by atoms with Gasteiger partial charge in [0.1, 0.15) is 19.3 Å². The van der Waals surface area contributed by atoms with Crippen molar-refractivity contribution in [2.24, 2.45) is 23.7 Å². The van der Waals surface area contributed by atoms with E-state index in [0.717, 1.165) is 114 Å². The van der Waals surface area contributed by atoms with Crippen LogP contribution in [0.25, 0.3) is 0 Å². The fourth-order valence-corrected chi connectivity index (χ4v) is 13.5. The lowest BCUT2D eigenvalue weighted by atomic mass is 10.0. The summed E-state index contributed by atoms with van der Waals surface area (Å²) in [5.74, 6) is 0.904. The van der Waals surface area contributed by atoms with Gasteiger partial charge >= 0.3 is 39.5 Å². The van der Waals surface area contributed by atoms with Crippen LogP contribution >= 0.6 is 15.6 Å². The van der Waals surface area contributed by atoms with E-state index in [-0.39, 0.29) is 25.7 Å². The molecule has 0 aromatic rings. The van der Waals surface area contributed by atoms with Crippen molar-refractivity contribution >= 4 is 39.5 Å². The van der Waals surface area contributed by atoms with Crippen LogP contribution in [0.15, 0.2) is 0 Å². The fourth-order valence-electron chi connectivity index (χ4n) is 11.9. The summed E-state index contributed by atoms with van der Waals surface area (Å²) >= 11 is 0. The second-order valence-electron chi connectivity index (χ2n) is 30.0. The Hall–Kier alpha value is -1.94. The number of phosphoric acid groups is 2. The number of hydrogen-bond donors (Lipinski definition) is 3. The summed E-state index contributed by atoms with van der Waals surface area (Å²) in [7, 11) is -9.91. The van der Waals surface area contributed by atoms with Crippen molar-refractivity contribution in [2.45, 2.75) is 414 Å². The van der Waals surface area contributed by atoms with E-state index in [2.05, 4.69) is 55.4 Å². The monoisotopic (exact) mass is 1420 g/mol. The molecule has 3 N–H and O–H groups in total. The van der Waals surface area contributed by atoms with Crippen molar-refractivity contribution in [3.05, 3.63) is 0 Å². The zero-order valence-electron chi connectivity index (χ0n) is 63.7.